The maximum absolute atomic E-state index is 6.03. The van der Waals surface area contributed by atoms with Gasteiger partial charge in [0.1, 0.15) is 4.34 Å². The van der Waals surface area contributed by atoms with Crippen molar-refractivity contribution < 1.29 is 0 Å². The van der Waals surface area contributed by atoms with Gasteiger partial charge in [-0.05, 0) is 36.1 Å². The summed E-state index contributed by atoms with van der Waals surface area (Å²) in [6.07, 6.45) is 0. The normalized spacial score (nSPS) is 22.6. The summed E-state index contributed by atoms with van der Waals surface area (Å²) >= 11 is 11.1. The van der Waals surface area contributed by atoms with Crippen LogP contribution in [0.3, 0.4) is 0 Å². The number of hydrogen-bond donors (Lipinski definition) is 1. The lowest BCUT2D eigenvalue weighted by molar-refractivity contribution is 0.113. The zero-order valence-corrected chi connectivity index (χ0v) is 13.9. The van der Waals surface area contributed by atoms with Crippen molar-refractivity contribution in [3.8, 4) is 0 Å². The van der Waals surface area contributed by atoms with Gasteiger partial charge in [0.15, 0.2) is 0 Å². The van der Waals surface area contributed by atoms with Gasteiger partial charge in [0, 0.05) is 48.1 Å². The SMILES string of the molecule is CN1CCN(C)C(CNCc2cc(Br)c(Cl)s2)C1. The van der Waals surface area contributed by atoms with Crippen molar-refractivity contribution in [3.05, 3.63) is 19.8 Å². The first-order valence-electron chi connectivity index (χ1n) is 6.09. The lowest BCUT2D eigenvalue weighted by Gasteiger charge is -2.37. The lowest BCUT2D eigenvalue weighted by atomic mass is 10.2. The largest absolute Gasteiger partial charge is 0.310 e. The number of hydrogen-bond acceptors (Lipinski definition) is 4. The highest BCUT2D eigenvalue weighted by atomic mass is 79.9. The van der Waals surface area contributed by atoms with Crippen molar-refractivity contribution >= 4 is 38.9 Å². The third-order valence-corrected chi connectivity index (χ3v) is 5.83. The van der Waals surface area contributed by atoms with E-state index in [-0.39, 0.29) is 0 Å². The van der Waals surface area contributed by atoms with E-state index in [2.05, 4.69) is 51.2 Å². The number of rotatable bonds is 4. The highest BCUT2D eigenvalue weighted by Crippen LogP contribution is 2.31. The van der Waals surface area contributed by atoms with E-state index in [0.29, 0.717) is 6.04 Å². The second-order valence-electron chi connectivity index (χ2n) is 4.86. The molecular weight excluding hydrogens is 334 g/mol. The minimum atomic E-state index is 0.600. The molecule has 18 heavy (non-hydrogen) atoms. The molecule has 1 aliphatic rings. The van der Waals surface area contributed by atoms with Gasteiger partial charge in [0.2, 0.25) is 0 Å². The van der Waals surface area contributed by atoms with Crippen LogP contribution < -0.4 is 5.32 Å². The summed E-state index contributed by atoms with van der Waals surface area (Å²) in [7, 11) is 4.40. The van der Waals surface area contributed by atoms with Gasteiger partial charge in [-0.25, -0.2) is 0 Å². The van der Waals surface area contributed by atoms with Crippen molar-refractivity contribution in [2.24, 2.45) is 0 Å². The van der Waals surface area contributed by atoms with Crippen LogP contribution in [0.5, 0.6) is 0 Å². The Morgan fingerprint density at radius 1 is 1.50 bits per heavy atom. The summed E-state index contributed by atoms with van der Waals surface area (Å²) in [5.74, 6) is 0. The molecule has 0 aromatic carbocycles. The monoisotopic (exact) mass is 351 g/mol. The molecule has 102 valence electrons. The zero-order valence-electron chi connectivity index (χ0n) is 10.7. The van der Waals surface area contributed by atoms with E-state index < -0.39 is 0 Å². The Bertz CT molecular complexity index is 379. The summed E-state index contributed by atoms with van der Waals surface area (Å²) < 4.78 is 1.84. The second kappa shape index (κ2) is 6.68. The van der Waals surface area contributed by atoms with Gasteiger partial charge in [-0.3, -0.25) is 4.90 Å². The predicted octanol–water partition coefficient (Wildman–Crippen LogP) is 2.50. The smallest absolute Gasteiger partial charge is 0.107 e. The first-order valence-corrected chi connectivity index (χ1v) is 8.08. The average Bonchev–Trinajstić information content (AvgIpc) is 2.63. The Labute approximate surface area is 126 Å². The minimum Gasteiger partial charge on any atom is -0.310 e. The molecule has 1 saturated heterocycles. The maximum atomic E-state index is 6.03. The number of piperazine rings is 1. The van der Waals surface area contributed by atoms with Crippen molar-refractivity contribution in [2.75, 3.05) is 40.3 Å². The van der Waals surface area contributed by atoms with E-state index in [0.717, 1.165) is 35.0 Å². The lowest BCUT2D eigenvalue weighted by Crippen LogP contribution is -2.53. The van der Waals surface area contributed by atoms with Crippen molar-refractivity contribution in [1.29, 1.82) is 0 Å². The van der Waals surface area contributed by atoms with Gasteiger partial charge in [0.25, 0.3) is 0 Å². The summed E-state index contributed by atoms with van der Waals surface area (Å²) in [4.78, 5) is 6.11. The molecule has 0 spiro atoms. The van der Waals surface area contributed by atoms with E-state index in [9.17, 15) is 0 Å². The molecule has 1 aromatic rings. The van der Waals surface area contributed by atoms with E-state index in [4.69, 9.17) is 11.6 Å². The molecule has 2 rings (SSSR count). The van der Waals surface area contributed by atoms with Crippen LogP contribution in [0, 0.1) is 0 Å². The van der Waals surface area contributed by atoms with Crippen molar-refractivity contribution in [2.45, 2.75) is 12.6 Å². The Balaban J connectivity index is 1.77. The Hall–Kier alpha value is 0.350. The first kappa shape index (κ1) is 14.8. The molecule has 6 heteroatoms. The third kappa shape index (κ3) is 3.92. The fourth-order valence-corrected chi connectivity index (χ4v) is 3.92. The fraction of sp³-hybridized carbons (Fsp3) is 0.667. The molecule has 1 aliphatic heterocycles. The Kier molecular flexibility index (Phi) is 5.47. The van der Waals surface area contributed by atoms with Crippen LogP contribution >= 0.6 is 38.9 Å². The zero-order chi connectivity index (χ0) is 13.1. The van der Waals surface area contributed by atoms with Gasteiger partial charge >= 0.3 is 0 Å². The summed E-state index contributed by atoms with van der Waals surface area (Å²) in [5, 5.41) is 3.53. The Morgan fingerprint density at radius 2 is 2.28 bits per heavy atom. The number of likely N-dealkylation sites (N-methyl/N-ethyl adjacent to an activating group) is 2. The van der Waals surface area contributed by atoms with Gasteiger partial charge in [-0.2, -0.15) is 0 Å². The highest BCUT2D eigenvalue weighted by molar-refractivity contribution is 9.10. The Morgan fingerprint density at radius 3 is 2.94 bits per heavy atom. The molecule has 0 radical (unpaired) electrons. The van der Waals surface area contributed by atoms with E-state index >= 15 is 0 Å². The van der Waals surface area contributed by atoms with Crippen molar-refractivity contribution in [1.82, 2.24) is 15.1 Å². The number of halogens is 2. The van der Waals surface area contributed by atoms with E-state index in [1.165, 1.54) is 11.4 Å². The predicted molar refractivity (Wildman–Crippen MR) is 82.7 cm³/mol. The summed E-state index contributed by atoms with van der Waals surface area (Å²) in [6, 6.07) is 2.69. The minimum absolute atomic E-state index is 0.600. The summed E-state index contributed by atoms with van der Waals surface area (Å²) in [6.45, 7) is 5.37. The second-order valence-corrected chi connectivity index (χ2v) is 7.46. The summed E-state index contributed by atoms with van der Waals surface area (Å²) in [5.41, 5.74) is 0. The highest BCUT2D eigenvalue weighted by Gasteiger charge is 2.21. The molecule has 1 atom stereocenters. The topological polar surface area (TPSA) is 18.5 Å². The average molecular weight is 353 g/mol. The van der Waals surface area contributed by atoms with Gasteiger partial charge in [0.05, 0.1) is 0 Å². The maximum Gasteiger partial charge on any atom is 0.107 e. The van der Waals surface area contributed by atoms with Crippen LogP contribution in [0.25, 0.3) is 0 Å². The number of nitrogens with one attached hydrogen (secondary N) is 1. The van der Waals surface area contributed by atoms with Crippen LogP contribution in [0.2, 0.25) is 4.34 Å². The molecule has 0 amide bonds. The van der Waals surface area contributed by atoms with Crippen LogP contribution in [-0.2, 0) is 6.54 Å². The van der Waals surface area contributed by atoms with Gasteiger partial charge in [-0.1, -0.05) is 11.6 Å². The third-order valence-electron chi connectivity index (χ3n) is 3.36. The molecule has 1 unspecified atom stereocenters. The molecule has 1 fully saturated rings. The fourth-order valence-electron chi connectivity index (χ4n) is 2.16. The molecule has 1 aromatic heterocycles. The van der Waals surface area contributed by atoms with Crippen LogP contribution in [0.4, 0.5) is 0 Å². The standard InChI is InChI=1S/C12H19BrClN3S/c1-16-3-4-17(2)9(8-16)6-15-7-10-5-11(13)12(14)18-10/h5,9,15H,3-4,6-8H2,1-2H3. The molecular formula is C12H19BrClN3S. The molecule has 3 nitrogen and oxygen atoms in total. The van der Waals surface area contributed by atoms with Gasteiger partial charge < -0.3 is 10.2 Å². The van der Waals surface area contributed by atoms with Crippen LogP contribution in [-0.4, -0.2) is 56.1 Å². The molecule has 0 saturated carbocycles. The molecule has 1 N–H and O–H groups in total. The number of nitrogens with zero attached hydrogens (tertiary/aromatic N) is 2. The van der Waals surface area contributed by atoms with Crippen LogP contribution in [0.1, 0.15) is 4.88 Å². The van der Waals surface area contributed by atoms with E-state index in [1.807, 2.05) is 0 Å². The molecule has 0 bridgehead atoms. The number of thiophene rings is 1. The van der Waals surface area contributed by atoms with E-state index in [1.54, 1.807) is 11.3 Å². The van der Waals surface area contributed by atoms with Gasteiger partial charge in [-0.15, -0.1) is 11.3 Å². The quantitative estimate of drug-likeness (QED) is 0.898. The van der Waals surface area contributed by atoms with Crippen LogP contribution in [0.15, 0.2) is 10.5 Å². The van der Waals surface area contributed by atoms with Crippen molar-refractivity contribution in [3.63, 3.8) is 0 Å². The first-order chi connectivity index (χ1) is 8.56. The molecule has 0 aliphatic carbocycles. The molecule has 2 heterocycles.